The minimum atomic E-state index is -1.82. The number of aromatic nitrogens is 1. The third-order valence-electron chi connectivity index (χ3n) is 5.21. The third-order valence-corrected chi connectivity index (χ3v) is 6.15. The Balaban J connectivity index is 0.000000505. The summed E-state index contributed by atoms with van der Waals surface area (Å²) in [5, 5.41) is 17.5. The maximum absolute atomic E-state index is 12.7. The van der Waals surface area contributed by atoms with E-state index in [1.165, 1.54) is 35.8 Å². The normalized spacial score (nSPS) is 11.9. The summed E-state index contributed by atoms with van der Waals surface area (Å²) in [6.45, 7) is 0.0451. The first-order valence-corrected chi connectivity index (χ1v) is 11.8. The number of aliphatic carboxylic acids is 2. The highest BCUT2D eigenvalue weighted by Crippen LogP contribution is 2.27. The molecule has 1 aliphatic rings. The Morgan fingerprint density at radius 3 is 2.29 bits per heavy atom. The van der Waals surface area contributed by atoms with E-state index in [4.69, 9.17) is 29.0 Å². The number of amides is 2. The quantitative estimate of drug-likeness (QED) is 0.212. The molecule has 0 saturated carbocycles. The Morgan fingerprint density at radius 2 is 1.63 bits per heavy atom. The van der Waals surface area contributed by atoms with Crippen LogP contribution in [0.3, 0.4) is 0 Å². The van der Waals surface area contributed by atoms with Crippen molar-refractivity contribution >= 4 is 41.1 Å². The van der Waals surface area contributed by atoms with E-state index < -0.39 is 29.7 Å². The van der Waals surface area contributed by atoms with Crippen molar-refractivity contribution in [2.75, 3.05) is 0 Å². The molecule has 4 aromatic rings. The molecule has 3 heterocycles. The van der Waals surface area contributed by atoms with E-state index in [0.29, 0.717) is 11.5 Å². The van der Waals surface area contributed by atoms with Crippen LogP contribution in [0.1, 0.15) is 42.5 Å². The lowest BCUT2D eigenvalue weighted by Gasteiger charge is -2.11. The molecule has 2 N–H and O–H groups in total. The van der Waals surface area contributed by atoms with Gasteiger partial charge in [0.2, 0.25) is 0 Å². The van der Waals surface area contributed by atoms with Crippen molar-refractivity contribution in [2.45, 2.75) is 13.2 Å². The number of carboxylic acid groups (broad SMARTS) is 2. The second-order valence-electron chi connectivity index (χ2n) is 7.73. The minimum absolute atomic E-state index is 0.0107. The molecule has 0 aliphatic carbocycles. The van der Waals surface area contributed by atoms with Crippen molar-refractivity contribution < 1.29 is 43.3 Å². The molecule has 38 heavy (non-hydrogen) atoms. The number of thiazole rings is 1. The Bertz CT molecular complexity index is 1500. The van der Waals surface area contributed by atoms with Crippen LogP contribution in [0, 0.1) is 0 Å². The molecule has 11 nitrogen and oxygen atoms in total. The van der Waals surface area contributed by atoms with Crippen LogP contribution in [-0.2, 0) is 27.5 Å². The summed E-state index contributed by atoms with van der Waals surface area (Å²) >= 11 is 1.47. The number of esters is 1. The van der Waals surface area contributed by atoms with E-state index in [1.54, 1.807) is 12.1 Å². The van der Waals surface area contributed by atoms with Gasteiger partial charge in [0.05, 0.1) is 35.2 Å². The second-order valence-corrected chi connectivity index (χ2v) is 8.59. The summed E-state index contributed by atoms with van der Waals surface area (Å²) in [5.74, 6) is -4.63. The van der Waals surface area contributed by atoms with Gasteiger partial charge in [0.25, 0.3) is 11.8 Å². The molecule has 12 heteroatoms. The van der Waals surface area contributed by atoms with Gasteiger partial charge in [-0.3, -0.25) is 14.5 Å². The lowest BCUT2D eigenvalue weighted by atomic mass is 10.1. The topological polar surface area (TPSA) is 164 Å². The van der Waals surface area contributed by atoms with E-state index in [1.807, 2.05) is 35.7 Å². The summed E-state index contributed by atoms with van der Waals surface area (Å²) in [6, 6.07) is 17.5. The molecule has 0 saturated heterocycles. The van der Waals surface area contributed by atoms with Crippen LogP contribution < -0.4 is 0 Å². The molecule has 0 atom stereocenters. The molecule has 0 radical (unpaired) electrons. The maximum Gasteiger partial charge on any atom is 0.414 e. The van der Waals surface area contributed by atoms with Gasteiger partial charge in [-0.15, -0.1) is 11.3 Å². The van der Waals surface area contributed by atoms with Crippen LogP contribution in [0.15, 0.2) is 76.7 Å². The number of carboxylic acids is 2. The van der Waals surface area contributed by atoms with Gasteiger partial charge in [0.15, 0.2) is 0 Å². The smallest absolute Gasteiger partial charge is 0.414 e. The average molecular weight is 535 g/mol. The van der Waals surface area contributed by atoms with E-state index in [2.05, 4.69) is 4.98 Å². The fourth-order valence-corrected chi connectivity index (χ4v) is 4.24. The monoisotopic (exact) mass is 534 g/mol. The number of rotatable bonds is 6. The number of furan rings is 1. The predicted molar refractivity (Wildman–Crippen MR) is 131 cm³/mol. The molecule has 0 spiro atoms. The number of hydrogen-bond donors (Lipinski definition) is 2. The predicted octanol–water partition coefficient (Wildman–Crippen LogP) is 3.71. The first kappa shape index (κ1) is 26.0. The third kappa shape index (κ3) is 5.82. The van der Waals surface area contributed by atoms with Gasteiger partial charge in [0.1, 0.15) is 17.4 Å². The highest BCUT2D eigenvalue weighted by molar-refractivity contribution is 7.13. The van der Waals surface area contributed by atoms with Crippen molar-refractivity contribution in [1.29, 1.82) is 0 Å². The van der Waals surface area contributed by atoms with Gasteiger partial charge in [-0.2, -0.15) is 0 Å². The van der Waals surface area contributed by atoms with Gasteiger partial charge >= 0.3 is 17.9 Å². The molecular formula is C26H18N2O9S. The summed E-state index contributed by atoms with van der Waals surface area (Å²) < 4.78 is 10.6. The lowest BCUT2D eigenvalue weighted by molar-refractivity contribution is -0.159. The molecule has 2 amide bonds. The largest absolute Gasteiger partial charge is 0.473 e. The molecular weight excluding hydrogens is 516 g/mol. The summed E-state index contributed by atoms with van der Waals surface area (Å²) in [6.07, 6.45) is 1.48. The first-order chi connectivity index (χ1) is 18.2. The zero-order valence-electron chi connectivity index (χ0n) is 19.4. The van der Waals surface area contributed by atoms with Crippen LogP contribution in [0.4, 0.5) is 0 Å². The Morgan fingerprint density at radius 1 is 0.921 bits per heavy atom. The number of ether oxygens (including phenoxy) is 1. The number of carbonyl (C=O) groups is 5. The minimum Gasteiger partial charge on any atom is -0.473 e. The molecule has 0 unspecified atom stereocenters. The van der Waals surface area contributed by atoms with Gasteiger partial charge in [-0.25, -0.2) is 19.4 Å². The standard InChI is InChI=1S/C24H16N2O5S.C2H2O4/c27-22-19-9-8-16(11-20(19)23(28)26(22)12-18-7-4-10-30-18)24(29)31-13-17-14-32-21(25-17)15-5-2-1-3-6-15;3-1(4)2(5)6/h1-11,14H,12-13H2;(H,3,4)(H,5,6). The van der Waals surface area contributed by atoms with Crippen LogP contribution in [0.25, 0.3) is 10.6 Å². The van der Waals surface area contributed by atoms with Gasteiger partial charge in [-0.05, 0) is 30.3 Å². The van der Waals surface area contributed by atoms with Crippen LogP contribution >= 0.6 is 11.3 Å². The molecule has 2 aromatic heterocycles. The van der Waals surface area contributed by atoms with Gasteiger partial charge in [0, 0.05) is 10.9 Å². The number of fused-ring (bicyclic) bond motifs is 1. The van der Waals surface area contributed by atoms with Crippen molar-refractivity contribution in [3.8, 4) is 10.6 Å². The fourth-order valence-electron chi connectivity index (χ4n) is 3.43. The summed E-state index contributed by atoms with van der Waals surface area (Å²) in [5.41, 5.74) is 2.26. The Hall–Kier alpha value is -5.10. The SMILES string of the molecule is O=C(O)C(=O)O.O=C(OCc1csc(-c2ccccc2)n1)c1ccc2c(c1)C(=O)N(Cc1ccco1)C2=O. The summed E-state index contributed by atoms with van der Waals surface area (Å²) in [4.78, 5) is 61.7. The van der Waals surface area contributed by atoms with E-state index >= 15 is 0 Å². The van der Waals surface area contributed by atoms with Gasteiger partial charge in [-0.1, -0.05) is 30.3 Å². The van der Waals surface area contributed by atoms with Crippen molar-refractivity contribution in [1.82, 2.24) is 9.88 Å². The maximum atomic E-state index is 12.7. The first-order valence-electron chi connectivity index (χ1n) is 10.9. The zero-order valence-corrected chi connectivity index (χ0v) is 20.2. The number of benzene rings is 2. The molecule has 192 valence electrons. The second kappa shape index (κ2) is 11.3. The highest BCUT2D eigenvalue weighted by Gasteiger charge is 2.36. The molecule has 5 rings (SSSR count). The molecule has 1 aliphatic heterocycles. The van der Waals surface area contributed by atoms with Crippen LogP contribution in [0.5, 0.6) is 0 Å². The van der Waals surface area contributed by atoms with E-state index in [9.17, 15) is 14.4 Å². The van der Waals surface area contributed by atoms with Gasteiger partial charge < -0.3 is 19.4 Å². The van der Waals surface area contributed by atoms with Crippen LogP contribution in [0.2, 0.25) is 0 Å². The molecule has 0 fully saturated rings. The van der Waals surface area contributed by atoms with E-state index in [0.717, 1.165) is 15.5 Å². The Kier molecular flexibility index (Phi) is 7.73. The van der Waals surface area contributed by atoms with Crippen molar-refractivity contribution in [3.05, 3.63) is 100 Å². The average Bonchev–Trinajstić information content (AvgIpc) is 3.66. The van der Waals surface area contributed by atoms with Crippen molar-refractivity contribution in [3.63, 3.8) is 0 Å². The molecule has 2 aromatic carbocycles. The Labute approximate surface area is 218 Å². The lowest BCUT2D eigenvalue weighted by Crippen LogP contribution is -2.28. The highest BCUT2D eigenvalue weighted by atomic mass is 32.1. The zero-order chi connectivity index (χ0) is 27.2. The molecule has 0 bridgehead atoms. The number of hydrogen-bond acceptors (Lipinski definition) is 9. The summed E-state index contributed by atoms with van der Waals surface area (Å²) in [7, 11) is 0. The fraction of sp³-hybridized carbons (Fsp3) is 0.0769. The number of nitrogens with zero attached hydrogens (tertiary/aromatic N) is 2. The van der Waals surface area contributed by atoms with Crippen LogP contribution in [-0.4, -0.2) is 49.8 Å². The van der Waals surface area contributed by atoms with E-state index in [-0.39, 0.29) is 29.8 Å². The number of carbonyl (C=O) groups excluding carboxylic acids is 3. The number of imide groups is 1. The van der Waals surface area contributed by atoms with Crippen molar-refractivity contribution in [2.24, 2.45) is 0 Å².